The number of hydrogen-bond donors (Lipinski definition) is 2. The van der Waals surface area contributed by atoms with E-state index < -0.39 is 0 Å². The molecule has 1 amide bonds. The minimum Gasteiger partial charge on any atom is -0.488 e. The monoisotopic (exact) mass is 508 g/mol. The van der Waals surface area contributed by atoms with Gasteiger partial charge in [-0.15, -0.1) is 0 Å². The van der Waals surface area contributed by atoms with Crippen molar-refractivity contribution in [2.24, 2.45) is 0 Å². The van der Waals surface area contributed by atoms with Crippen molar-refractivity contribution < 1.29 is 14.3 Å². The predicted octanol–water partition coefficient (Wildman–Crippen LogP) is 4.24. The number of nitrogens with zero attached hydrogens (tertiary/aromatic N) is 4. The molecule has 0 saturated heterocycles. The Bertz CT molecular complexity index is 1130. The van der Waals surface area contributed by atoms with E-state index in [4.69, 9.17) is 14.5 Å². The summed E-state index contributed by atoms with van der Waals surface area (Å²) < 4.78 is 12.6. The Kier molecular flexibility index (Phi) is 9.22. The van der Waals surface area contributed by atoms with Gasteiger partial charge in [-0.1, -0.05) is 19.1 Å². The lowest BCUT2D eigenvalue weighted by atomic mass is 9.93. The third kappa shape index (κ3) is 7.35. The van der Waals surface area contributed by atoms with Crippen LogP contribution in [0.5, 0.6) is 5.75 Å². The third-order valence-electron chi connectivity index (χ3n) is 6.98. The Labute approximate surface area is 219 Å². The van der Waals surface area contributed by atoms with E-state index in [9.17, 15) is 4.79 Å². The van der Waals surface area contributed by atoms with E-state index in [0.717, 1.165) is 80.8 Å². The normalized spacial score (nSPS) is 19.6. The number of amides is 1. The molecule has 0 bridgehead atoms. The van der Waals surface area contributed by atoms with E-state index in [1.807, 2.05) is 30.5 Å². The van der Waals surface area contributed by atoms with Crippen LogP contribution in [0, 0.1) is 0 Å². The zero-order valence-electron chi connectivity index (χ0n) is 22.5. The Morgan fingerprint density at radius 2 is 1.95 bits per heavy atom. The van der Waals surface area contributed by atoms with E-state index >= 15 is 0 Å². The predicted molar refractivity (Wildman–Crippen MR) is 146 cm³/mol. The van der Waals surface area contributed by atoms with E-state index in [-0.39, 0.29) is 18.1 Å². The van der Waals surface area contributed by atoms with Crippen molar-refractivity contribution in [3.63, 3.8) is 0 Å². The lowest BCUT2D eigenvalue weighted by molar-refractivity contribution is -0.120. The van der Waals surface area contributed by atoms with Crippen molar-refractivity contribution in [3.8, 4) is 5.75 Å². The highest BCUT2D eigenvalue weighted by Gasteiger charge is 2.24. The van der Waals surface area contributed by atoms with Crippen molar-refractivity contribution >= 4 is 22.8 Å². The molecule has 1 aromatic heterocycles. The topological polar surface area (TPSA) is 91.8 Å². The summed E-state index contributed by atoms with van der Waals surface area (Å²) >= 11 is 0. The number of para-hydroxylation sites is 1. The molecule has 0 unspecified atom stereocenters. The lowest BCUT2D eigenvalue weighted by Gasteiger charge is -2.30. The van der Waals surface area contributed by atoms with Gasteiger partial charge in [0.05, 0.1) is 6.10 Å². The maximum atomic E-state index is 11.4. The highest BCUT2D eigenvalue weighted by Crippen LogP contribution is 2.29. The van der Waals surface area contributed by atoms with Gasteiger partial charge in [0.25, 0.3) is 0 Å². The van der Waals surface area contributed by atoms with Gasteiger partial charge in [-0.3, -0.25) is 10.1 Å². The average molecular weight is 509 g/mol. The van der Waals surface area contributed by atoms with Gasteiger partial charge in [0, 0.05) is 44.2 Å². The molecular formula is C28H40N6O3. The van der Waals surface area contributed by atoms with Crippen molar-refractivity contribution in [2.45, 2.75) is 65.0 Å². The lowest BCUT2D eigenvalue weighted by Crippen LogP contribution is -2.38. The quantitative estimate of drug-likeness (QED) is 0.466. The van der Waals surface area contributed by atoms with Crippen molar-refractivity contribution in [1.29, 1.82) is 0 Å². The number of fused-ring (bicyclic) bond motifs is 1. The highest BCUT2D eigenvalue weighted by molar-refractivity contribution is 5.84. The standard InChI is InChI=1S/C28H40N6O3/c1-5-33(4)17-18-34(6-2)26-12-8-11-25(37-26)31-28-29-19-21-9-7-10-24(27(21)32-28)36-23-15-13-22(14-16-23)30-20(3)35/h7,9-12,19,22-23H,5-6,8,13-18H2,1-4H3,(H,30,35)(H,29,31,32). The molecule has 1 aliphatic carbocycles. The van der Waals surface area contributed by atoms with Gasteiger partial charge in [-0.2, -0.15) is 0 Å². The molecule has 1 aliphatic heterocycles. The third-order valence-corrected chi connectivity index (χ3v) is 6.98. The van der Waals surface area contributed by atoms with Gasteiger partial charge < -0.3 is 24.6 Å². The summed E-state index contributed by atoms with van der Waals surface area (Å²) in [6.07, 6.45) is 10.4. The Morgan fingerprint density at radius 1 is 1.14 bits per heavy atom. The Morgan fingerprint density at radius 3 is 2.68 bits per heavy atom. The van der Waals surface area contributed by atoms with Crippen LogP contribution in [0.1, 0.15) is 52.9 Å². The summed E-state index contributed by atoms with van der Waals surface area (Å²) in [5, 5.41) is 7.20. The number of aromatic nitrogens is 2. The Balaban J connectivity index is 1.40. The minimum absolute atomic E-state index is 0.0290. The van der Waals surface area contributed by atoms with Crippen LogP contribution in [-0.2, 0) is 9.53 Å². The highest BCUT2D eigenvalue weighted by atomic mass is 16.5. The van der Waals surface area contributed by atoms with Gasteiger partial charge in [0.2, 0.25) is 11.9 Å². The van der Waals surface area contributed by atoms with Crippen molar-refractivity contribution in [2.75, 3.05) is 38.5 Å². The number of hydrogen-bond acceptors (Lipinski definition) is 8. The molecule has 2 aromatic rings. The zero-order valence-corrected chi connectivity index (χ0v) is 22.5. The largest absolute Gasteiger partial charge is 0.488 e. The van der Waals surface area contributed by atoms with Crippen LogP contribution in [0.2, 0.25) is 0 Å². The van der Waals surface area contributed by atoms with Crippen LogP contribution in [0.25, 0.3) is 10.9 Å². The van der Waals surface area contributed by atoms with Crippen molar-refractivity contribution in [3.05, 3.63) is 48.3 Å². The number of benzene rings is 1. The van der Waals surface area contributed by atoms with Crippen LogP contribution in [-0.4, -0.2) is 71.0 Å². The summed E-state index contributed by atoms with van der Waals surface area (Å²) in [6.45, 7) is 9.65. The minimum atomic E-state index is 0.0290. The van der Waals surface area contributed by atoms with Gasteiger partial charge in [0.15, 0.2) is 11.8 Å². The fourth-order valence-electron chi connectivity index (χ4n) is 4.69. The molecule has 1 aromatic carbocycles. The van der Waals surface area contributed by atoms with Crippen LogP contribution >= 0.6 is 0 Å². The van der Waals surface area contributed by atoms with E-state index in [0.29, 0.717) is 11.8 Å². The van der Waals surface area contributed by atoms with Gasteiger partial charge in [0.1, 0.15) is 11.3 Å². The summed E-state index contributed by atoms with van der Waals surface area (Å²) in [6, 6.07) is 6.16. The number of likely N-dealkylation sites (N-methyl/N-ethyl adjacent to an activating group) is 2. The van der Waals surface area contributed by atoms with E-state index in [1.165, 1.54) is 0 Å². The number of allylic oxidation sites excluding steroid dienone is 2. The van der Waals surface area contributed by atoms with Gasteiger partial charge >= 0.3 is 0 Å². The molecule has 0 atom stereocenters. The summed E-state index contributed by atoms with van der Waals surface area (Å²) in [7, 11) is 2.13. The van der Waals surface area contributed by atoms with Crippen molar-refractivity contribution in [1.82, 2.24) is 25.1 Å². The first-order valence-corrected chi connectivity index (χ1v) is 13.4. The molecule has 0 radical (unpaired) electrons. The SMILES string of the molecule is CCN(C)CCN(CC)C1=CCC=C(Nc2ncc3cccc(OC4CCC(NC(C)=O)CC4)c3n2)O1. The molecule has 2 aliphatic rings. The molecule has 9 nitrogen and oxygen atoms in total. The van der Waals surface area contributed by atoms with Crippen LogP contribution in [0.15, 0.2) is 48.3 Å². The number of carbonyl (C=O) groups excluding carboxylic acids is 1. The molecule has 9 heteroatoms. The molecule has 1 saturated carbocycles. The Hall–Kier alpha value is -3.33. The first kappa shape index (κ1) is 26.7. The van der Waals surface area contributed by atoms with Crippen LogP contribution in [0.3, 0.4) is 0 Å². The van der Waals surface area contributed by atoms with Gasteiger partial charge in [-0.05, 0) is 70.8 Å². The zero-order chi connectivity index (χ0) is 26.2. The number of nitrogens with one attached hydrogen (secondary N) is 2. The molecule has 2 heterocycles. The van der Waals surface area contributed by atoms with Crippen LogP contribution < -0.4 is 15.4 Å². The summed E-state index contributed by atoms with van der Waals surface area (Å²) in [5.74, 6) is 2.74. The molecule has 0 spiro atoms. The molecule has 1 fully saturated rings. The second-order valence-corrected chi connectivity index (χ2v) is 9.73. The molecular weight excluding hydrogens is 468 g/mol. The number of anilines is 1. The maximum absolute atomic E-state index is 11.4. The fourth-order valence-corrected chi connectivity index (χ4v) is 4.69. The summed E-state index contributed by atoms with van der Waals surface area (Å²) in [4.78, 5) is 25.2. The second-order valence-electron chi connectivity index (χ2n) is 9.73. The van der Waals surface area contributed by atoms with E-state index in [1.54, 1.807) is 6.92 Å². The number of ether oxygens (including phenoxy) is 2. The molecule has 2 N–H and O–H groups in total. The van der Waals surface area contributed by atoms with E-state index in [2.05, 4.69) is 52.4 Å². The maximum Gasteiger partial charge on any atom is 0.230 e. The molecule has 200 valence electrons. The smallest absolute Gasteiger partial charge is 0.230 e. The van der Waals surface area contributed by atoms with Gasteiger partial charge in [-0.25, -0.2) is 9.97 Å². The summed E-state index contributed by atoms with van der Waals surface area (Å²) in [5.41, 5.74) is 0.772. The molecule has 4 rings (SSSR count). The first-order chi connectivity index (χ1) is 17.9. The molecule has 37 heavy (non-hydrogen) atoms. The van der Waals surface area contributed by atoms with Crippen LogP contribution in [0.4, 0.5) is 5.95 Å². The average Bonchev–Trinajstić information content (AvgIpc) is 2.90. The second kappa shape index (κ2) is 12.8. The number of rotatable bonds is 11. The fraction of sp³-hybridized carbons (Fsp3) is 0.536. The first-order valence-electron chi connectivity index (χ1n) is 13.4. The number of carbonyl (C=O) groups is 1.